The van der Waals surface area contributed by atoms with Gasteiger partial charge >= 0.3 is 0 Å². The van der Waals surface area contributed by atoms with E-state index in [1.165, 1.54) is 0 Å². The van der Waals surface area contributed by atoms with Gasteiger partial charge in [-0.15, -0.1) is 0 Å². The molecular formula is C11H22O2. The third-order valence-corrected chi connectivity index (χ3v) is 2.78. The highest BCUT2D eigenvalue weighted by Gasteiger charge is 2.37. The van der Waals surface area contributed by atoms with Gasteiger partial charge in [0.15, 0.2) is 0 Å². The smallest absolute Gasteiger partial charge is 0.138 e. The lowest BCUT2D eigenvalue weighted by molar-refractivity contribution is -0.131. The van der Waals surface area contributed by atoms with E-state index in [1.54, 1.807) is 6.92 Å². The molecule has 0 saturated carbocycles. The fourth-order valence-electron chi connectivity index (χ4n) is 0.809. The summed E-state index contributed by atoms with van der Waals surface area (Å²) in [4.78, 5) is 11.4. The Kier molecular flexibility index (Phi) is 3.68. The van der Waals surface area contributed by atoms with Crippen molar-refractivity contribution in [3.8, 4) is 0 Å². The molecule has 0 heterocycles. The van der Waals surface area contributed by atoms with Gasteiger partial charge < -0.3 is 5.11 Å². The van der Waals surface area contributed by atoms with Gasteiger partial charge in [-0.3, -0.25) is 4.79 Å². The number of rotatable bonds is 3. The molecule has 1 N–H and O–H groups in total. The molecule has 0 radical (unpaired) electrons. The average molecular weight is 186 g/mol. The van der Waals surface area contributed by atoms with Crippen LogP contribution >= 0.6 is 0 Å². The van der Waals surface area contributed by atoms with Crippen molar-refractivity contribution >= 4 is 5.78 Å². The number of hydrogen-bond donors (Lipinski definition) is 1. The summed E-state index contributed by atoms with van der Waals surface area (Å²) in [6, 6.07) is 0. The molecule has 78 valence electrons. The zero-order valence-corrected chi connectivity index (χ0v) is 9.64. The molecule has 0 bridgehead atoms. The molecule has 0 aromatic carbocycles. The number of Topliss-reactive ketones (excluding diaryl/α,β-unsaturated/α-hetero) is 1. The molecule has 1 atom stereocenters. The first-order chi connectivity index (χ1) is 5.58. The Bertz CT molecular complexity index is 185. The quantitative estimate of drug-likeness (QED) is 0.735. The van der Waals surface area contributed by atoms with Crippen molar-refractivity contribution < 1.29 is 9.90 Å². The largest absolute Gasteiger partial charge is 0.389 e. The van der Waals surface area contributed by atoms with Crippen molar-refractivity contribution in [2.75, 3.05) is 0 Å². The molecule has 0 aliphatic carbocycles. The van der Waals surface area contributed by atoms with Crippen LogP contribution in [0.3, 0.4) is 0 Å². The van der Waals surface area contributed by atoms with Crippen LogP contribution in [0.1, 0.15) is 48.0 Å². The van der Waals surface area contributed by atoms with Gasteiger partial charge in [-0.2, -0.15) is 0 Å². The molecule has 0 aliphatic heterocycles. The van der Waals surface area contributed by atoms with E-state index < -0.39 is 5.60 Å². The van der Waals surface area contributed by atoms with Crippen LogP contribution in [-0.4, -0.2) is 16.5 Å². The number of ketones is 1. The summed E-state index contributed by atoms with van der Waals surface area (Å²) in [5.74, 6) is 0.133. The molecule has 0 saturated heterocycles. The number of carbonyl (C=O) groups is 1. The zero-order chi connectivity index (χ0) is 10.9. The lowest BCUT2D eigenvalue weighted by Gasteiger charge is -2.37. The van der Waals surface area contributed by atoms with Gasteiger partial charge in [-0.25, -0.2) is 0 Å². The van der Waals surface area contributed by atoms with Crippen molar-refractivity contribution in [3.05, 3.63) is 0 Å². The summed E-state index contributed by atoms with van der Waals surface area (Å²) in [5.41, 5.74) is -1.16. The predicted molar refractivity (Wildman–Crippen MR) is 54.5 cm³/mol. The van der Waals surface area contributed by atoms with Gasteiger partial charge in [0.2, 0.25) is 0 Å². The molecule has 0 spiro atoms. The van der Waals surface area contributed by atoms with E-state index in [0.717, 1.165) is 0 Å². The number of hydrogen-bond acceptors (Lipinski definition) is 2. The molecule has 2 nitrogen and oxygen atoms in total. The summed E-state index contributed by atoms with van der Waals surface area (Å²) in [6.45, 7) is 11.3. The van der Waals surface area contributed by atoms with Crippen LogP contribution in [0.2, 0.25) is 0 Å². The predicted octanol–water partition coefficient (Wildman–Crippen LogP) is 2.40. The van der Waals surface area contributed by atoms with Crippen molar-refractivity contribution in [1.29, 1.82) is 0 Å². The third-order valence-electron chi connectivity index (χ3n) is 2.78. The van der Waals surface area contributed by atoms with Crippen LogP contribution < -0.4 is 0 Å². The average Bonchev–Trinajstić information content (AvgIpc) is 1.83. The third kappa shape index (κ3) is 3.47. The Balaban J connectivity index is 4.44. The Labute approximate surface area is 81.3 Å². The summed E-state index contributed by atoms with van der Waals surface area (Å²) in [5, 5.41) is 10.0. The fourth-order valence-corrected chi connectivity index (χ4v) is 0.809. The molecule has 0 aromatic heterocycles. The fraction of sp³-hybridized carbons (Fsp3) is 0.909. The molecule has 1 unspecified atom stereocenters. The Morgan fingerprint density at radius 2 is 1.62 bits per heavy atom. The van der Waals surface area contributed by atoms with Gasteiger partial charge in [0.05, 0.1) is 5.60 Å². The molecule has 0 amide bonds. The first-order valence-corrected chi connectivity index (χ1v) is 4.83. The van der Waals surface area contributed by atoms with E-state index in [1.807, 2.05) is 34.6 Å². The van der Waals surface area contributed by atoms with E-state index in [4.69, 9.17) is 0 Å². The SMILES string of the molecule is CC(C)C(=O)CC(C)(O)C(C)(C)C. The van der Waals surface area contributed by atoms with Gasteiger partial charge in [0.25, 0.3) is 0 Å². The highest BCUT2D eigenvalue weighted by molar-refractivity contribution is 5.81. The van der Waals surface area contributed by atoms with Crippen LogP contribution in [0.4, 0.5) is 0 Å². The molecule has 0 aliphatic rings. The van der Waals surface area contributed by atoms with Crippen molar-refractivity contribution in [2.24, 2.45) is 11.3 Å². The molecule has 13 heavy (non-hydrogen) atoms. The van der Waals surface area contributed by atoms with E-state index in [-0.39, 0.29) is 23.5 Å². The Morgan fingerprint density at radius 1 is 1.23 bits per heavy atom. The van der Waals surface area contributed by atoms with Gasteiger partial charge in [0, 0.05) is 12.3 Å². The van der Waals surface area contributed by atoms with Crippen LogP contribution in [0.5, 0.6) is 0 Å². The summed E-state index contributed by atoms with van der Waals surface area (Å²) < 4.78 is 0. The standard InChI is InChI=1S/C11H22O2/c1-8(2)9(12)7-11(6,13)10(3,4)5/h8,13H,7H2,1-6H3. The minimum Gasteiger partial charge on any atom is -0.389 e. The van der Waals surface area contributed by atoms with E-state index in [2.05, 4.69) is 0 Å². The molecule has 0 aromatic rings. The summed E-state index contributed by atoms with van der Waals surface area (Å²) in [7, 11) is 0. The summed E-state index contributed by atoms with van der Waals surface area (Å²) >= 11 is 0. The first-order valence-electron chi connectivity index (χ1n) is 4.83. The highest BCUT2D eigenvalue weighted by atomic mass is 16.3. The van der Waals surface area contributed by atoms with Crippen LogP contribution in [0.15, 0.2) is 0 Å². The highest BCUT2D eigenvalue weighted by Crippen LogP contribution is 2.33. The van der Waals surface area contributed by atoms with Crippen molar-refractivity contribution in [1.82, 2.24) is 0 Å². The minimum atomic E-state index is -0.908. The second-order valence-electron chi connectivity index (χ2n) is 5.32. The van der Waals surface area contributed by atoms with E-state index in [0.29, 0.717) is 0 Å². The lowest BCUT2D eigenvalue weighted by Crippen LogP contribution is -2.42. The first kappa shape index (κ1) is 12.6. The van der Waals surface area contributed by atoms with Gasteiger partial charge in [-0.1, -0.05) is 34.6 Å². The second kappa shape index (κ2) is 3.79. The molecule has 0 fully saturated rings. The topological polar surface area (TPSA) is 37.3 Å². The summed E-state index contributed by atoms with van der Waals surface area (Å²) in [6.07, 6.45) is 0.244. The second-order valence-corrected chi connectivity index (χ2v) is 5.32. The van der Waals surface area contributed by atoms with Crippen LogP contribution in [0.25, 0.3) is 0 Å². The maximum Gasteiger partial charge on any atom is 0.138 e. The molecule has 0 rings (SSSR count). The number of carbonyl (C=O) groups excluding carboxylic acids is 1. The van der Waals surface area contributed by atoms with E-state index in [9.17, 15) is 9.90 Å². The minimum absolute atomic E-state index is 0.00817. The van der Waals surface area contributed by atoms with E-state index >= 15 is 0 Å². The molecular weight excluding hydrogens is 164 g/mol. The Morgan fingerprint density at radius 3 is 1.85 bits per heavy atom. The maximum absolute atomic E-state index is 11.4. The van der Waals surface area contributed by atoms with Crippen LogP contribution in [-0.2, 0) is 4.79 Å². The monoisotopic (exact) mass is 186 g/mol. The lowest BCUT2D eigenvalue weighted by atomic mass is 9.74. The van der Waals surface area contributed by atoms with Crippen molar-refractivity contribution in [3.63, 3.8) is 0 Å². The van der Waals surface area contributed by atoms with Crippen molar-refractivity contribution in [2.45, 2.75) is 53.6 Å². The maximum atomic E-state index is 11.4. The van der Waals surface area contributed by atoms with Gasteiger partial charge in [-0.05, 0) is 12.3 Å². The Hall–Kier alpha value is -0.370. The van der Waals surface area contributed by atoms with Gasteiger partial charge in [0.1, 0.15) is 5.78 Å². The molecule has 2 heteroatoms. The number of aliphatic hydroxyl groups is 1. The van der Waals surface area contributed by atoms with Crippen LogP contribution in [0, 0.1) is 11.3 Å². The normalized spacial score (nSPS) is 17.2. The zero-order valence-electron chi connectivity index (χ0n) is 9.64.